The molecule has 1 aliphatic heterocycles. The summed E-state index contributed by atoms with van der Waals surface area (Å²) in [6.45, 7) is 1.69. The molecule has 0 saturated carbocycles. The highest BCUT2D eigenvalue weighted by atomic mass is 16.1. The summed E-state index contributed by atoms with van der Waals surface area (Å²) in [5, 5.41) is 11.0. The average Bonchev–Trinajstić information content (AvgIpc) is 3.12. The second-order valence-electron chi connectivity index (χ2n) is 5.93. The summed E-state index contributed by atoms with van der Waals surface area (Å²) in [5.41, 5.74) is 1.45. The van der Waals surface area contributed by atoms with Crippen molar-refractivity contribution in [2.24, 2.45) is 0 Å². The largest absolute Gasteiger partial charge is 0.356 e. The lowest BCUT2D eigenvalue weighted by Crippen LogP contribution is -2.45. The first kappa shape index (κ1) is 14.6. The van der Waals surface area contributed by atoms with E-state index in [2.05, 4.69) is 30.4 Å². The Kier molecular flexibility index (Phi) is 3.82. The fourth-order valence-electron chi connectivity index (χ4n) is 3.10. The molecule has 1 aromatic carbocycles. The number of aromatic amines is 1. The zero-order valence-corrected chi connectivity index (χ0v) is 13.1. The number of nitrogens with one attached hydrogen (secondary N) is 2. The summed E-state index contributed by atoms with van der Waals surface area (Å²) in [6, 6.07) is 9.52. The van der Waals surface area contributed by atoms with Gasteiger partial charge < -0.3 is 10.2 Å². The van der Waals surface area contributed by atoms with Gasteiger partial charge in [0.05, 0.1) is 11.6 Å². The van der Waals surface area contributed by atoms with Gasteiger partial charge in [0.15, 0.2) is 5.65 Å². The van der Waals surface area contributed by atoms with Crippen LogP contribution in [0.2, 0.25) is 0 Å². The van der Waals surface area contributed by atoms with E-state index in [0.29, 0.717) is 5.56 Å². The minimum absolute atomic E-state index is 0.00619. The van der Waals surface area contributed by atoms with Crippen LogP contribution in [0.1, 0.15) is 23.2 Å². The standard InChI is InChI=1S/C17H18N6O/c24-17(12-4-2-1-3-5-12)21-13-6-8-23(9-7-13)16-14-10-20-22-15(14)18-11-19-16/h1-5,10-11,13H,6-9H2,(H,21,24)(H,18,19,20,22). The van der Waals surface area contributed by atoms with Gasteiger partial charge in [0.2, 0.25) is 0 Å². The predicted octanol–water partition coefficient (Wildman–Crippen LogP) is 1.75. The van der Waals surface area contributed by atoms with E-state index in [1.54, 1.807) is 12.5 Å². The number of hydrogen-bond acceptors (Lipinski definition) is 5. The van der Waals surface area contributed by atoms with Crippen LogP contribution in [0.15, 0.2) is 42.9 Å². The average molecular weight is 322 g/mol. The number of nitrogens with zero attached hydrogens (tertiary/aromatic N) is 4. The Hall–Kier alpha value is -2.96. The number of hydrogen-bond donors (Lipinski definition) is 2. The molecule has 7 nitrogen and oxygen atoms in total. The Morgan fingerprint density at radius 1 is 1.17 bits per heavy atom. The molecule has 0 aliphatic carbocycles. The number of piperidine rings is 1. The van der Waals surface area contributed by atoms with Crippen LogP contribution in [-0.4, -0.2) is 45.2 Å². The van der Waals surface area contributed by atoms with Gasteiger partial charge in [-0.2, -0.15) is 5.10 Å². The van der Waals surface area contributed by atoms with Gasteiger partial charge >= 0.3 is 0 Å². The van der Waals surface area contributed by atoms with E-state index in [-0.39, 0.29) is 11.9 Å². The summed E-state index contributed by atoms with van der Waals surface area (Å²) in [7, 11) is 0. The SMILES string of the molecule is O=C(NC1CCN(c2ncnc3[nH]ncc23)CC1)c1ccccc1. The van der Waals surface area contributed by atoms with Crippen molar-refractivity contribution in [3.63, 3.8) is 0 Å². The third kappa shape index (κ3) is 2.80. The highest BCUT2D eigenvalue weighted by molar-refractivity contribution is 5.94. The molecule has 0 spiro atoms. The van der Waals surface area contributed by atoms with Crippen LogP contribution in [0.4, 0.5) is 5.82 Å². The van der Waals surface area contributed by atoms with E-state index in [4.69, 9.17) is 0 Å². The maximum absolute atomic E-state index is 12.2. The summed E-state index contributed by atoms with van der Waals surface area (Å²) in [6.07, 6.45) is 5.09. The lowest BCUT2D eigenvalue weighted by molar-refractivity contribution is 0.0931. The summed E-state index contributed by atoms with van der Waals surface area (Å²) in [5.74, 6) is 0.898. The summed E-state index contributed by atoms with van der Waals surface area (Å²) >= 11 is 0. The molecule has 7 heteroatoms. The van der Waals surface area contributed by atoms with Gasteiger partial charge in [-0.15, -0.1) is 0 Å². The zero-order valence-electron chi connectivity index (χ0n) is 13.1. The smallest absolute Gasteiger partial charge is 0.251 e. The Morgan fingerprint density at radius 3 is 2.75 bits per heavy atom. The zero-order chi connectivity index (χ0) is 16.4. The lowest BCUT2D eigenvalue weighted by atomic mass is 10.0. The molecule has 2 aromatic heterocycles. The number of anilines is 1. The molecule has 0 radical (unpaired) electrons. The molecular formula is C17H18N6O. The predicted molar refractivity (Wildman–Crippen MR) is 90.8 cm³/mol. The molecular weight excluding hydrogens is 304 g/mol. The first-order valence-electron chi connectivity index (χ1n) is 8.06. The topological polar surface area (TPSA) is 86.8 Å². The number of H-pyrrole nitrogens is 1. The lowest BCUT2D eigenvalue weighted by Gasteiger charge is -2.33. The van der Waals surface area contributed by atoms with Gasteiger partial charge in [-0.25, -0.2) is 9.97 Å². The third-order valence-electron chi connectivity index (χ3n) is 4.39. The van der Waals surface area contributed by atoms with E-state index in [9.17, 15) is 4.79 Å². The summed E-state index contributed by atoms with van der Waals surface area (Å²) < 4.78 is 0. The Balaban J connectivity index is 1.40. The van der Waals surface area contributed by atoms with Gasteiger partial charge in [-0.3, -0.25) is 9.89 Å². The first-order valence-corrected chi connectivity index (χ1v) is 8.06. The highest BCUT2D eigenvalue weighted by Gasteiger charge is 2.23. The molecule has 1 aliphatic rings. The van der Waals surface area contributed by atoms with Gasteiger partial charge in [0, 0.05) is 24.7 Å². The van der Waals surface area contributed by atoms with E-state index < -0.39 is 0 Å². The van der Waals surface area contributed by atoms with Crippen LogP contribution in [0.3, 0.4) is 0 Å². The molecule has 0 bridgehead atoms. The Bertz CT molecular complexity index is 838. The molecule has 1 fully saturated rings. The van der Waals surface area contributed by atoms with Gasteiger partial charge in [-0.05, 0) is 25.0 Å². The minimum Gasteiger partial charge on any atom is -0.356 e. The van der Waals surface area contributed by atoms with Gasteiger partial charge in [0.1, 0.15) is 12.1 Å². The molecule has 3 aromatic rings. The first-order chi connectivity index (χ1) is 11.8. The van der Waals surface area contributed by atoms with Crippen LogP contribution in [0.25, 0.3) is 11.0 Å². The Morgan fingerprint density at radius 2 is 1.96 bits per heavy atom. The second kappa shape index (κ2) is 6.27. The molecule has 2 N–H and O–H groups in total. The number of carbonyl (C=O) groups is 1. The monoisotopic (exact) mass is 322 g/mol. The van der Waals surface area contributed by atoms with Crippen molar-refractivity contribution in [3.8, 4) is 0 Å². The van der Waals surface area contributed by atoms with Crippen LogP contribution in [0.5, 0.6) is 0 Å². The fourth-order valence-corrected chi connectivity index (χ4v) is 3.10. The molecule has 122 valence electrons. The number of fused-ring (bicyclic) bond motifs is 1. The van der Waals surface area contributed by atoms with Crippen molar-refractivity contribution in [2.45, 2.75) is 18.9 Å². The van der Waals surface area contributed by atoms with Crippen molar-refractivity contribution < 1.29 is 4.79 Å². The van der Waals surface area contributed by atoms with Crippen LogP contribution >= 0.6 is 0 Å². The van der Waals surface area contributed by atoms with Crippen molar-refractivity contribution in [2.75, 3.05) is 18.0 Å². The number of benzene rings is 1. The van der Waals surface area contributed by atoms with Gasteiger partial charge in [0.25, 0.3) is 5.91 Å². The molecule has 0 unspecified atom stereocenters. The highest BCUT2D eigenvalue weighted by Crippen LogP contribution is 2.24. The normalized spacial score (nSPS) is 15.6. The quantitative estimate of drug-likeness (QED) is 0.767. The van der Waals surface area contributed by atoms with Crippen molar-refractivity contribution in [3.05, 3.63) is 48.4 Å². The van der Waals surface area contributed by atoms with E-state index in [1.165, 1.54) is 0 Å². The molecule has 3 heterocycles. The van der Waals surface area contributed by atoms with Crippen LogP contribution in [0, 0.1) is 0 Å². The van der Waals surface area contributed by atoms with Crippen molar-refractivity contribution in [1.82, 2.24) is 25.5 Å². The van der Waals surface area contributed by atoms with Crippen LogP contribution in [-0.2, 0) is 0 Å². The van der Waals surface area contributed by atoms with E-state index >= 15 is 0 Å². The van der Waals surface area contributed by atoms with Crippen molar-refractivity contribution >= 4 is 22.8 Å². The number of carbonyl (C=O) groups excluding carboxylic acids is 1. The fraction of sp³-hybridized carbons (Fsp3) is 0.294. The van der Waals surface area contributed by atoms with Gasteiger partial charge in [-0.1, -0.05) is 18.2 Å². The second-order valence-corrected chi connectivity index (χ2v) is 5.93. The minimum atomic E-state index is -0.00619. The number of amides is 1. The van der Waals surface area contributed by atoms with Crippen LogP contribution < -0.4 is 10.2 Å². The molecule has 0 atom stereocenters. The third-order valence-corrected chi connectivity index (χ3v) is 4.39. The molecule has 24 heavy (non-hydrogen) atoms. The molecule has 1 saturated heterocycles. The number of rotatable bonds is 3. The van der Waals surface area contributed by atoms with E-state index in [1.807, 2.05) is 30.3 Å². The Labute approximate surface area is 139 Å². The maximum Gasteiger partial charge on any atom is 0.251 e. The van der Waals surface area contributed by atoms with Crippen molar-refractivity contribution in [1.29, 1.82) is 0 Å². The summed E-state index contributed by atoms with van der Waals surface area (Å²) in [4.78, 5) is 23.0. The molecule has 4 rings (SSSR count). The number of aromatic nitrogens is 4. The van der Waals surface area contributed by atoms with E-state index in [0.717, 1.165) is 42.8 Å². The molecule has 1 amide bonds. The maximum atomic E-state index is 12.2.